The minimum atomic E-state index is -0.377. The Hall–Kier alpha value is -0.0800. The summed E-state index contributed by atoms with van der Waals surface area (Å²) in [6.45, 7) is 8.02. The highest BCUT2D eigenvalue weighted by molar-refractivity contribution is 4.89. The van der Waals surface area contributed by atoms with Crippen LogP contribution in [0.4, 0.5) is 0 Å². The first-order valence-corrected chi connectivity index (χ1v) is 5.45. The molecule has 0 spiro atoms. The van der Waals surface area contributed by atoms with Gasteiger partial charge in [-0.25, -0.2) is 0 Å². The van der Waals surface area contributed by atoms with Crippen molar-refractivity contribution in [2.24, 2.45) is 5.41 Å². The van der Waals surface area contributed by atoms with E-state index >= 15 is 0 Å². The molecule has 0 radical (unpaired) electrons. The number of aliphatic hydroxyl groups excluding tert-OH is 2. The zero-order valence-corrected chi connectivity index (χ0v) is 9.38. The largest absolute Gasteiger partial charge is 0.392 e. The van der Waals surface area contributed by atoms with Crippen LogP contribution in [0.25, 0.3) is 0 Å². The Morgan fingerprint density at radius 2 is 1.15 bits per heavy atom. The lowest BCUT2D eigenvalue weighted by atomic mass is 9.71. The topological polar surface area (TPSA) is 40.5 Å². The molecule has 13 heavy (non-hydrogen) atoms. The highest BCUT2D eigenvalue weighted by Crippen LogP contribution is 2.37. The predicted molar refractivity (Wildman–Crippen MR) is 55.6 cm³/mol. The second-order valence-electron chi connectivity index (χ2n) is 3.79. The minimum Gasteiger partial charge on any atom is -0.392 e. The Bertz CT molecular complexity index is 118. The summed E-state index contributed by atoms with van der Waals surface area (Å²) in [7, 11) is 0. The molecule has 2 atom stereocenters. The van der Waals surface area contributed by atoms with E-state index in [0.717, 1.165) is 25.7 Å². The van der Waals surface area contributed by atoms with Gasteiger partial charge in [0.05, 0.1) is 12.2 Å². The van der Waals surface area contributed by atoms with Gasteiger partial charge in [0, 0.05) is 5.41 Å². The lowest BCUT2D eigenvalue weighted by Gasteiger charge is -2.40. The molecule has 0 saturated heterocycles. The fourth-order valence-corrected chi connectivity index (χ4v) is 2.23. The van der Waals surface area contributed by atoms with Crippen molar-refractivity contribution in [2.45, 2.75) is 65.6 Å². The lowest BCUT2D eigenvalue weighted by molar-refractivity contribution is -0.0785. The molecule has 0 aliphatic heterocycles. The van der Waals surface area contributed by atoms with Crippen LogP contribution in [-0.2, 0) is 0 Å². The highest BCUT2D eigenvalue weighted by atomic mass is 16.3. The van der Waals surface area contributed by atoms with Gasteiger partial charge in [0.1, 0.15) is 0 Å². The molecule has 0 rings (SSSR count). The van der Waals surface area contributed by atoms with E-state index in [9.17, 15) is 10.2 Å². The average Bonchev–Trinajstić information content (AvgIpc) is 2.19. The third-order valence-corrected chi connectivity index (χ3v) is 3.42. The molecule has 2 heteroatoms. The molecule has 0 aliphatic rings. The smallest absolute Gasteiger partial charge is 0.0618 e. The van der Waals surface area contributed by atoms with Gasteiger partial charge in [-0.05, 0) is 25.7 Å². The maximum absolute atomic E-state index is 9.91. The van der Waals surface area contributed by atoms with E-state index in [0.29, 0.717) is 0 Å². The first-order valence-electron chi connectivity index (χ1n) is 5.45. The zero-order valence-electron chi connectivity index (χ0n) is 9.38. The number of rotatable bonds is 6. The summed E-state index contributed by atoms with van der Waals surface area (Å²) in [4.78, 5) is 0. The van der Waals surface area contributed by atoms with Crippen LogP contribution < -0.4 is 0 Å². The van der Waals surface area contributed by atoms with Crippen molar-refractivity contribution in [3.63, 3.8) is 0 Å². The Morgan fingerprint density at radius 1 is 0.846 bits per heavy atom. The highest BCUT2D eigenvalue weighted by Gasteiger charge is 2.39. The van der Waals surface area contributed by atoms with Crippen LogP contribution >= 0.6 is 0 Å². The average molecular weight is 188 g/mol. The van der Waals surface area contributed by atoms with Gasteiger partial charge < -0.3 is 10.2 Å². The Kier molecular flexibility index (Phi) is 5.57. The molecule has 80 valence electrons. The van der Waals surface area contributed by atoms with Crippen molar-refractivity contribution >= 4 is 0 Å². The van der Waals surface area contributed by atoms with Crippen LogP contribution in [0.5, 0.6) is 0 Å². The molecule has 0 aromatic rings. The summed E-state index contributed by atoms with van der Waals surface area (Å²) >= 11 is 0. The van der Waals surface area contributed by atoms with Crippen LogP contribution in [0.1, 0.15) is 53.4 Å². The Balaban J connectivity index is 4.67. The van der Waals surface area contributed by atoms with E-state index in [1.54, 1.807) is 0 Å². The van der Waals surface area contributed by atoms with Crippen molar-refractivity contribution in [2.75, 3.05) is 0 Å². The number of aliphatic hydroxyl groups is 2. The molecule has 0 saturated carbocycles. The van der Waals surface area contributed by atoms with Gasteiger partial charge in [0.15, 0.2) is 0 Å². The van der Waals surface area contributed by atoms with E-state index in [4.69, 9.17) is 0 Å². The van der Waals surface area contributed by atoms with Gasteiger partial charge in [-0.1, -0.05) is 27.7 Å². The van der Waals surface area contributed by atoms with Crippen molar-refractivity contribution in [1.82, 2.24) is 0 Å². The van der Waals surface area contributed by atoms with Crippen LogP contribution in [0.3, 0.4) is 0 Å². The standard InChI is InChI=1S/C11H24O2/c1-5-9(12)11(7-3,8-4)10(13)6-2/h9-10,12-13H,5-8H2,1-4H3. The van der Waals surface area contributed by atoms with E-state index in [-0.39, 0.29) is 17.6 Å². The van der Waals surface area contributed by atoms with E-state index in [1.807, 2.05) is 27.7 Å². The predicted octanol–water partition coefficient (Wildman–Crippen LogP) is 2.33. The molecular weight excluding hydrogens is 164 g/mol. The second kappa shape index (κ2) is 5.61. The van der Waals surface area contributed by atoms with Gasteiger partial charge in [0.25, 0.3) is 0 Å². The molecule has 0 amide bonds. The maximum atomic E-state index is 9.91. The lowest BCUT2D eigenvalue weighted by Crippen LogP contribution is -2.44. The van der Waals surface area contributed by atoms with Gasteiger partial charge in [-0.2, -0.15) is 0 Å². The van der Waals surface area contributed by atoms with Gasteiger partial charge in [0.2, 0.25) is 0 Å². The normalized spacial score (nSPS) is 17.1. The first-order chi connectivity index (χ1) is 6.08. The third kappa shape index (κ3) is 2.44. The van der Waals surface area contributed by atoms with Crippen molar-refractivity contribution in [1.29, 1.82) is 0 Å². The molecule has 0 heterocycles. The summed E-state index contributed by atoms with van der Waals surface area (Å²) < 4.78 is 0. The fraction of sp³-hybridized carbons (Fsp3) is 1.00. The summed E-state index contributed by atoms with van der Waals surface area (Å²) in [5.74, 6) is 0. The van der Waals surface area contributed by atoms with Crippen LogP contribution in [0.15, 0.2) is 0 Å². The van der Waals surface area contributed by atoms with Crippen molar-refractivity contribution in [3.05, 3.63) is 0 Å². The molecule has 0 aromatic heterocycles. The second-order valence-corrected chi connectivity index (χ2v) is 3.79. The summed E-state index contributed by atoms with van der Waals surface area (Å²) in [5.41, 5.74) is -0.288. The molecule has 2 unspecified atom stereocenters. The molecule has 0 bridgehead atoms. The molecule has 0 aromatic carbocycles. The molecular formula is C11H24O2. The molecule has 0 aliphatic carbocycles. The summed E-state index contributed by atoms with van der Waals surface area (Å²) in [5, 5.41) is 19.8. The van der Waals surface area contributed by atoms with Crippen molar-refractivity contribution < 1.29 is 10.2 Å². The van der Waals surface area contributed by atoms with Gasteiger partial charge in [-0.3, -0.25) is 0 Å². The van der Waals surface area contributed by atoms with Crippen LogP contribution in [0.2, 0.25) is 0 Å². The molecule has 2 N–H and O–H groups in total. The van der Waals surface area contributed by atoms with Gasteiger partial charge >= 0.3 is 0 Å². The first kappa shape index (κ1) is 12.9. The third-order valence-electron chi connectivity index (χ3n) is 3.42. The van der Waals surface area contributed by atoms with Gasteiger partial charge in [-0.15, -0.1) is 0 Å². The maximum Gasteiger partial charge on any atom is 0.0618 e. The van der Waals surface area contributed by atoms with Crippen LogP contribution in [-0.4, -0.2) is 22.4 Å². The quantitative estimate of drug-likeness (QED) is 0.671. The molecule has 0 fully saturated rings. The fourth-order valence-electron chi connectivity index (χ4n) is 2.23. The zero-order chi connectivity index (χ0) is 10.5. The number of hydrogen-bond acceptors (Lipinski definition) is 2. The number of hydrogen-bond donors (Lipinski definition) is 2. The Morgan fingerprint density at radius 3 is 1.31 bits per heavy atom. The SMILES string of the molecule is CCC(O)C(CC)(CC)C(O)CC. The molecule has 2 nitrogen and oxygen atoms in total. The van der Waals surface area contributed by atoms with E-state index in [2.05, 4.69) is 0 Å². The summed E-state index contributed by atoms with van der Waals surface area (Å²) in [6.07, 6.45) is 2.37. The monoisotopic (exact) mass is 188 g/mol. The summed E-state index contributed by atoms with van der Waals surface area (Å²) in [6, 6.07) is 0. The van der Waals surface area contributed by atoms with E-state index in [1.165, 1.54) is 0 Å². The van der Waals surface area contributed by atoms with E-state index < -0.39 is 0 Å². The minimum absolute atomic E-state index is 0.288. The van der Waals surface area contributed by atoms with Crippen molar-refractivity contribution in [3.8, 4) is 0 Å². The Labute approximate surface area is 82.0 Å². The van der Waals surface area contributed by atoms with Crippen LogP contribution in [0, 0.1) is 5.41 Å².